The van der Waals surface area contributed by atoms with E-state index in [1.807, 2.05) is 48.9 Å². The molecule has 1 aliphatic heterocycles. The monoisotopic (exact) mass is 396 g/mol. The summed E-state index contributed by atoms with van der Waals surface area (Å²) in [7, 11) is 0. The van der Waals surface area contributed by atoms with Crippen LogP contribution in [-0.2, 0) is 17.9 Å². The number of aromatic nitrogens is 3. The predicted octanol–water partition coefficient (Wildman–Crippen LogP) is 2.61. The third-order valence-electron chi connectivity index (χ3n) is 4.84. The van der Waals surface area contributed by atoms with Gasteiger partial charge in [0.15, 0.2) is 5.76 Å². The minimum Gasteiger partial charge on any atom is -0.489 e. The van der Waals surface area contributed by atoms with Gasteiger partial charge in [-0.05, 0) is 32.0 Å². The van der Waals surface area contributed by atoms with Crippen molar-refractivity contribution in [2.45, 2.75) is 33.1 Å². The Morgan fingerprint density at radius 3 is 2.83 bits per heavy atom. The summed E-state index contributed by atoms with van der Waals surface area (Å²) in [5, 5.41) is 4.38. The number of carbonyl (C=O) groups excluding carboxylic acids is 1. The quantitative estimate of drug-likeness (QED) is 0.637. The number of amides is 1. The Labute approximate surface area is 169 Å². The van der Waals surface area contributed by atoms with Gasteiger partial charge in [0.1, 0.15) is 24.0 Å². The van der Waals surface area contributed by atoms with Crippen molar-refractivity contribution in [2.24, 2.45) is 0 Å². The Hall–Kier alpha value is -3.13. The average Bonchev–Trinajstić information content (AvgIpc) is 3.32. The van der Waals surface area contributed by atoms with Gasteiger partial charge in [-0.2, -0.15) is 5.10 Å². The maximum Gasteiger partial charge on any atom is 0.290 e. The summed E-state index contributed by atoms with van der Waals surface area (Å²) in [5.41, 5.74) is 0.727. The van der Waals surface area contributed by atoms with Crippen LogP contribution in [0.15, 0.2) is 47.1 Å². The van der Waals surface area contributed by atoms with Crippen LogP contribution in [0.3, 0.4) is 0 Å². The van der Waals surface area contributed by atoms with E-state index >= 15 is 0 Å². The first-order chi connectivity index (χ1) is 14.1. The molecular weight excluding hydrogens is 372 g/mol. The highest BCUT2D eigenvalue weighted by molar-refractivity contribution is 5.93. The Balaban J connectivity index is 1.40. The lowest BCUT2D eigenvalue weighted by molar-refractivity contribution is -0.0312. The number of carbonyl (C=O) groups is 1. The van der Waals surface area contributed by atoms with Crippen molar-refractivity contribution in [3.05, 3.63) is 65.6 Å². The highest BCUT2D eigenvalue weighted by atomic mass is 16.5. The van der Waals surface area contributed by atoms with E-state index < -0.39 is 0 Å². The molecule has 0 bridgehead atoms. The molecule has 1 aromatic carbocycles. The van der Waals surface area contributed by atoms with Gasteiger partial charge in [-0.25, -0.2) is 9.67 Å². The fourth-order valence-electron chi connectivity index (χ4n) is 3.40. The molecule has 1 atom stereocenters. The standard InChI is InChI=1S/C21H24N4O4/c1-15-22-16(2)25(23-15)13-19-12-24(9-11-27-19)21(26)20-17(8-10-28-20)14-29-18-6-4-3-5-7-18/h3-8,10,19H,9,11-14H2,1-2H3. The lowest BCUT2D eigenvalue weighted by atomic mass is 10.2. The fraction of sp³-hybridized carbons (Fsp3) is 0.381. The molecule has 0 N–H and O–H groups in total. The molecule has 3 heterocycles. The number of hydrogen-bond donors (Lipinski definition) is 0. The maximum atomic E-state index is 13.0. The van der Waals surface area contributed by atoms with Crippen LogP contribution in [0, 0.1) is 13.8 Å². The normalized spacial score (nSPS) is 16.8. The summed E-state index contributed by atoms with van der Waals surface area (Å²) in [5.74, 6) is 2.47. The third-order valence-corrected chi connectivity index (χ3v) is 4.84. The average molecular weight is 396 g/mol. The van der Waals surface area contributed by atoms with E-state index in [0.717, 1.165) is 23.0 Å². The van der Waals surface area contributed by atoms with E-state index in [1.165, 1.54) is 6.26 Å². The molecule has 0 saturated carbocycles. The third kappa shape index (κ3) is 4.48. The Bertz CT molecular complexity index is 966. The topological polar surface area (TPSA) is 82.6 Å². The second kappa shape index (κ2) is 8.48. The number of para-hydroxylation sites is 1. The molecule has 8 nitrogen and oxygen atoms in total. The minimum atomic E-state index is -0.151. The van der Waals surface area contributed by atoms with Gasteiger partial charge in [0.2, 0.25) is 0 Å². The number of morpholine rings is 1. The fourth-order valence-corrected chi connectivity index (χ4v) is 3.40. The SMILES string of the molecule is Cc1nc(C)n(CC2CN(C(=O)c3occc3COc3ccccc3)CCO2)n1. The highest BCUT2D eigenvalue weighted by Gasteiger charge is 2.29. The second-order valence-corrected chi connectivity index (χ2v) is 7.01. The highest BCUT2D eigenvalue weighted by Crippen LogP contribution is 2.19. The molecule has 1 saturated heterocycles. The molecule has 8 heteroatoms. The van der Waals surface area contributed by atoms with Crippen molar-refractivity contribution in [3.8, 4) is 5.75 Å². The van der Waals surface area contributed by atoms with E-state index in [0.29, 0.717) is 32.0 Å². The van der Waals surface area contributed by atoms with Crippen LogP contribution >= 0.6 is 0 Å². The zero-order valence-corrected chi connectivity index (χ0v) is 16.6. The van der Waals surface area contributed by atoms with Crippen molar-refractivity contribution in [2.75, 3.05) is 19.7 Å². The number of furan rings is 1. The van der Waals surface area contributed by atoms with E-state index in [-0.39, 0.29) is 18.6 Å². The molecule has 152 valence electrons. The summed E-state index contributed by atoms with van der Waals surface area (Å²) in [4.78, 5) is 19.1. The first-order valence-electron chi connectivity index (χ1n) is 9.63. The number of benzene rings is 1. The van der Waals surface area contributed by atoms with Crippen LogP contribution in [0.1, 0.15) is 27.8 Å². The first kappa shape index (κ1) is 19.2. The predicted molar refractivity (Wildman–Crippen MR) is 105 cm³/mol. The minimum absolute atomic E-state index is 0.147. The lowest BCUT2D eigenvalue weighted by Crippen LogP contribution is -2.47. The molecular formula is C21H24N4O4. The van der Waals surface area contributed by atoms with Crippen LogP contribution in [0.4, 0.5) is 0 Å². The zero-order chi connectivity index (χ0) is 20.2. The number of ether oxygens (including phenoxy) is 2. The largest absolute Gasteiger partial charge is 0.489 e. The maximum absolute atomic E-state index is 13.0. The van der Waals surface area contributed by atoms with Crippen LogP contribution in [0.5, 0.6) is 5.75 Å². The van der Waals surface area contributed by atoms with Crippen molar-refractivity contribution in [1.29, 1.82) is 0 Å². The van der Waals surface area contributed by atoms with Crippen molar-refractivity contribution >= 4 is 5.91 Å². The molecule has 2 aromatic heterocycles. The number of hydrogen-bond acceptors (Lipinski definition) is 6. The summed E-state index contributed by atoms with van der Waals surface area (Å²) < 4.78 is 18.9. The molecule has 29 heavy (non-hydrogen) atoms. The van der Waals surface area contributed by atoms with Gasteiger partial charge in [0, 0.05) is 18.7 Å². The van der Waals surface area contributed by atoms with Gasteiger partial charge in [-0.3, -0.25) is 4.79 Å². The van der Waals surface area contributed by atoms with E-state index in [2.05, 4.69) is 10.1 Å². The summed E-state index contributed by atoms with van der Waals surface area (Å²) in [6.45, 7) is 6.05. The number of nitrogens with zero attached hydrogens (tertiary/aromatic N) is 4. The lowest BCUT2D eigenvalue weighted by Gasteiger charge is -2.32. The van der Waals surface area contributed by atoms with Crippen LogP contribution in [0.25, 0.3) is 0 Å². The smallest absolute Gasteiger partial charge is 0.290 e. The molecule has 0 radical (unpaired) electrons. The van der Waals surface area contributed by atoms with E-state index in [1.54, 1.807) is 11.0 Å². The molecule has 1 fully saturated rings. The van der Waals surface area contributed by atoms with Gasteiger partial charge in [0.25, 0.3) is 5.91 Å². The van der Waals surface area contributed by atoms with Gasteiger partial charge < -0.3 is 18.8 Å². The van der Waals surface area contributed by atoms with Gasteiger partial charge in [-0.1, -0.05) is 18.2 Å². The number of rotatable bonds is 6. The molecule has 1 aliphatic rings. The molecule has 1 unspecified atom stereocenters. The summed E-state index contributed by atoms with van der Waals surface area (Å²) in [6, 6.07) is 11.3. The van der Waals surface area contributed by atoms with Crippen molar-refractivity contribution < 1.29 is 18.7 Å². The van der Waals surface area contributed by atoms with Crippen LogP contribution < -0.4 is 4.74 Å². The molecule has 0 aliphatic carbocycles. The second-order valence-electron chi connectivity index (χ2n) is 7.01. The van der Waals surface area contributed by atoms with Crippen molar-refractivity contribution in [3.63, 3.8) is 0 Å². The molecule has 4 rings (SSSR count). The van der Waals surface area contributed by atoms with E-state index in [9.17, 15) is 4.79 Å². The summed E-state index contributed by atoms with van der Waals surface area (Å²) in [6.07, 6.45) is 1.38. The Kier molecular flexibility index (Phi) is 5.62. The Morgan fingerprint density at radius 1 is 1.24 bits per heavy atom. The molecule has 3 aromatic rings. The molecule has 1 amide bonds. The van der Waals surface area contributed by atoms with Gasteiger partial charge in [-0.15, -0.1) is 0 Å². The zero-order valence-electron chi connectivity index (χ0n) is 16.6. The van der Waals surface area contributed by atoms with Gasteiger partial charge >= 0.3 is 0 Å². The van der Waals surface area contributed by atoms with Crippen LogP contribution in [0.2, 0.25) is 0 Å². The van der Waals surface area contributed by atoms with Gasteiger partial charge in [0.05, 0.1) is 25.5 Å². The van der Waals surface area contributed by atoms with Crippen molar-refractivity contribution in [1.82, 2.24) is 19.7 Å². The first-order valence-corrected chi connectivity index (χ1v) is 9.63. The Morgan fingerprint density at radius 2 is 2.07 bits per heavy atom. The molecule has 0 spiro atoms. The van der Waals surface area contributed by atoms with Crippen LogP contribution in [-0.4, -0.2) is 51.4 Å². The van der Waals surface area contributed by atoms with E-state index in [4.69, 9.17) is 13.9 Å². The number of aryl methyl sites for hydroxylation is 2. The summed E-state index contributed by atoms with van der Waals surface area (Å²) >= 11 is 0.